The molecule has 3 rings (SSSR count). The quantitative estimate of drug-likeness (QED) is 0.788. The lowest BCUT2D eigenvalue weighted by atomic mass is 10.1. The summed E-state index contributed by atoms with van der Waals surface area (Å²) in [5, 5.41) is 9.86. The van der Waals surface area contributed by atoms with E-state index in [9.17, 15) is 4.79 Å². The SMILES string of the molecule is O=C(O)c1ccc2c(ccn2COc2ccccc2)c1. The van der Waals surface area contributed by atoms with Gasteiger partial charge in [-0.25, -0.2) is 4.79 Å². The summed E-state index contributed by atoms with van der Waals surface area (Å²) < 4.78 is 7.62. The molecule has 0 spiro atoms. The van der Waals surface area contributed by atoms with Crippen LogP contribution in [0.15, 0.2) is 60.8 Å². The highest BCUT2D eigenvalue weighted by Gasteiger charge is 2.06. The van der Waals surface area contributed by atoms with Crippen LogP contribution >= 0.6 is 0 Å². The molecule has 0 saturated heterocycles. The van der Waals surface area contributed by atoms with Crippen LogP contribution in [-0.4, -0.2) is 15.6 Å². The smallest absolute Gasteiger partial charge is 0.335 e. The maximum absolute atomic E-state index is 10.9. The number of nitrogens with zero attached hydrogens (tertiary/aromatic N) is 1. The molecule has 0 radical (unpaired) electrons. The number of hydrogen-bond donors (Lipinski definition) is 1. The summed E-state index contributed by atoms with van der Waals surface area (Å²) in [6.07, 6.45) is 1.89. The predicted molar refractivity (Wildman–Crippen MR) is 76.0 cm³/mol. The third kappa shape index (κ3) is 2.36. The standard InChI is InChI=1S/C16H13NO3/c18-16(19)13-6-7-15-12(10-13)8-9-17(15)11-20-14-4-2-1-3-5-14/h1-10H,11H2,(H,18,19). The van der Waals surface area contributed by atoms with Crippen LogP contribution in [0.3, 0.4) is 0 Å². The predicted octanol–water partition coefficient (Wildman–Crippen LogP) is 3.38. The first-order chi connectivity index (χ1) is 9.74. The van der Waals surface area contributed by atoms with Crippen molar-refractivity contribution in [1.82, 2.24) is 4.57 Å². The molecule has 1 N–H and O–H groups in total. The molecule has 0 fully saturated rings. The largest absolute Gasteiger partial charge is 0.478 e. The first-order valence-corrected chi connectivity index (χ1v) is 6.24. The highest BCUT2D eigenvalue weighted by Crippen LogP contribution is 2.19. The molecule has 0 bridgehead atoms. The normalized spacial score (nSPS) is 10.6. The molecule has 0 aliphatic rings. The Morgan fingerprint density at radius 2 is 1.90 bits per heavy atom. The van der Waals surface area contributed by atoms with Gasteiger partial charge in [0.1, 0.15) is 5.75 Å². The molecule has 100 valence electrons. The fraction of sp³-hybridized carbons (Fsp3) is 0.0625. The van der Waals surface area contributed by atoms with E-state index in [1.807, 2.05) is 47.2 Å². The van der Waals surface area contributed by atoms with E-state index in [0.29, 0.717) is 12.3 Å². The number of carbonyl (C=O) groups is 1. The molecule has 0 amide bonds. The number of fused-ring (bicyclic) bond motifs is 1. The molecule has 0 unspecified atom stereocenters. The van der Waals surface area contributed by atoms with Crippen LogP contribution in [0.1, 0.15) is 10.4 Å². The number of hydrogen-bond acceptors (Lipinski definition) is 2. The van der Waals surface area contributed by atoms with Crippen molar-refractivity contribution in [1.29, 1.82) is 0 Å². The first kappa shape index (κ1) is 12.3. The van der Waals surface area contributed by atoms with Gasteiger partial charge >= 0.3 is 5.97 Å². The molecule has 0 aliphatic carbocycles. The summed E-state index contributed by atoms with van der Waals surface area (Å²) in [5.74, 6) is -0.114. The molecule has 0 saturated carbocycles. The minimum absolute atomic E-state index is 0.291. The lowest BCUT2D eigenvalue weighted by Crippen LogP contribution is -2.03. The van der Waals surface area contributed by atoms with Crippen molar-refractivity contribution in [2.75, 3.05) is 0 Å². The number of ether oxygens (including phenoxy) is 1. The van der Waals surface area contributed by atoms with Gasteiger partial charge in [0.05, 0.1) is 11.1 Å². The lowest BCUT2D eigenvalue weighted by molar-refractivity contribution is 0.0697. The summed E-state index contributed by atoms with van der Waals surface area (Å²) in [6.45, 7) is 0.389. The average molecular weight is 267 g/mol. The van der Waals surface area contributed by atoms with Crippen LogP contribution in [0.5, 0.6) is 5.75 Å². The monoisotopic (exact) mass is 267 g/mol. The molecular formula is C16H13NO3. The number of benzene rings is 2. The fourth-order valence-corrected chi connectivity index (χ4v) is 2.11. The van der Waals surface area contributed by atoms with Crippen molar-refractivity contribution >= 4 is 16.9 Å². The highest BCUT2D eigenvalue weighted by molar-refractivity contribution is 5.93. The van der Waals surface area contributed by atoms with Crippen LogP contribution < -0.4 is 4.74 Å². The average Bonchev–Trinajstić information content (AvgIpc) is 2.88. The Bertz CT molecular complexity index is 747. The van der Waals surface area contributed by atoms with Crippen molar-refractivity contribution in [3.05, 3.63) is 66.4 Å². The van der Waals surface area contributed by atoms with E-state index in [0.717, 1.165) is 16.7 Å². The van der Waals surface area contributed by atoms with E-state index in [1.54, 1.807) is 18.2 Å². The van der Waals surface area contributed by atoms with E-state index < -0.39 is 5.97 Å². The zero-order valence-electron chi connectivity index (χ0n) is 10.7. The Labute approximate surface area is 115 Å². The second-order valence-electron chi connectivity index (χ2n) is 4.45. The molecule has 1 heterocycles. The minimum atomic E-state index is -0.916. The number of carboxylic acids is 1. The molecule has 2 aromatic carbocycles. The van der Waals surface area contributed by atoms with Crippen molar-refractivity contribution in [3.8, 4) is 5.75 Å². The van der Waals surface area contributed by atoms with E-state index in [4.69, 9.17) is 9.84 Å². The summed E-state index contributed by atoms with van der Waals surface area (Å²) in [6, 6.07) is 16.5. The Kier molecular flexibility index (Phi) is 3.13. The first-order valence-electron chi connectivity index (χ1n) is 6.24. The second kappa shape index (κ2) is 5.09. The van der Waals surface area contributed by atoms with Gasteiger partial charge in [-0.3, -0.25) is 0 Å². The number of carboxylic acid groups (broad SMARTS) is 1. The summed E-state index contributed by atoms with van der Waals surface area (Å²) in [4.78, 5) is 10.9. The molecular weight excluding hydrogens is 254 g/mol. The highest BCUT2D eigenvalue weighted by atomic mass is 16.5. The maximum atomic E-state index is 10.9. The van der Waals surface area contributed by atoms with Gasteiger partial charge < -0.3 is 14.4 Å². The Morgan fingerprint density at radius 1 is 1.10 bits per heavy atom. The second-order valence-corrected chi connectivity index (χ2v) is 4.45. The van der Waals surface area contributed by atoms with Crippen LogP contribution in [0.4, 0.5) is 0 Å². The number of rotatable bonds is 4. The van der Waals surface area contributed by atoms with E-state index >= 15 is 0 Å². The number of para-hydroxylation sites is 1. The lowest BCUT2D eigenvalue weighted by Gasteiger charge is -2.08. The van der Waals surface area contributed by atoms with Gasteiger partial charge in [0.15, 0.2) is 6.73 Å². The van der Waals surface area contributed by atoms with Gasteiger partial charge in [0, 0.05) is 11.6 Å². The maximum Gasteiger partial charge on any atom is 0.335 e. The molecule has 1 aromatic heterocycles. The van der Waals surface area contributed by atoms with E-state index in [1.165, 1.54) is 0 Å². The number of aromatic carboxylic acids is 1. The minimum Gasteiger partial charge on any atom is -0.478 e. The van der Waals surface area contributed by atoms with Gasteiger partial charge in [-0.15, -0.1) is 0 Å². The van der Waals surface area contributed by atoms with Gasteiger partial charge in [0.25, 0.3) is 0 Å². The molecule has 4 heteroatoms. The van der Waals surface area contributed by atoms with E-state index in [2.05, 4.69) is 0 Å². The summed E-state index contributed by atoms with van der Waals surface area (Å²) in [7, 11) is 0. The van der Waals surface area contributed by atoms with Crippen molar-refractivity contribution in [2.24, 2.45) is 0 Å². The molecule has 0 aliphatic heterocycles. The van der Waals surface area contributed by atoms with Gasteiger partial charge in [-0.05, 0) is 36.4 Å². The van der Waals surface area contributed by atoms with E-state index in [-0.39, 0.29) is 0 Å². The molecule has 20 heavy (non-hydrogen) atoms. The fourth-order valence-electron chi connectivity index (χ4n) is 2.11. The third-order valence-corrected chi connectivity index (χ3v) is 3.13. The molecule has 4 nitrogen and oxygen atoms in total. The van der Waals surface area contributed by atoms with Gasteiger partial charge in [0.2, 0.25) is 0 Å². The van der Waals surface area contributed by atoms with Crippen molar-refractivity contribution in [3.63, 3.8) is 0 Å². The summed E-state index contributed by atoms with van der Waals surface area (Å²) >= 11 is 0. The van der Waals surface area contributed by atoms with Crippen LogP contribution in [0, 0.1) is 0 Å². The van der Waals surface area contributed by atoms with Crippen LogP contribution in [0.2, 0.25) is 0 Å². The number of aromatic nitrogens is 1. The summed E-state index contributed by atoms with van der Waals surface area (Å²) in [5.41, 5.74) is 1.24. The van der Waals surface area contributed by atoms with Crippen LogP contribution in [0.25, 0.3) is 10.9 Å². The van der Waals surface area contributed by atoms with Gasteiger partial charge in [-0.1, -0.05) is 18.2 Å². The Balaban J connectivity index is 1.84. The Morgan fingerprint density at radius 3 is 2.65 bits per heavy atom. The zero-order valence-corrected chi connectivity index (χ0v) is 10.7. The van der Waals surface area contributed by atoms with Gasteiger partial charge in [-0.2, -0.15) is 0 Å². The van der Waals surface area contributed by atoms with Crippen LogP contribution in [-0.2, 0) is 6.73 Å². The molecule has 3 aromatic rings. The van der Waals surface area contributed by atoms with Crippen molar-refractivity contribution < 1.29 is 14.6 Å². The molecule has 0 atom stereocenters. The van der Waals surface area contributed by atoms with Crippen molar-refractivity contribution in [2.45, 2.75) is 6.73 Å². The topological polar surface area (TPSA) is 51.5 Å². The Hall–Kier alpha value is -2.75. The third-order valence-electron chi connectivity index (χ3n) is 3.13. The zero-order chi connectivity index (χ0) is 13.9.